The molecule has 5 rings (SSSR count). The van der Waals surface area contributed by atoms with Crippen molar-refractivity contribution in [2.24, 2.45) is 11.8 Å². The minimum Gasteiger partial charge on any atom is -0.299 e. The second-order valence-corrected chi connectivity index (χ2v) is 7.10. The lowest BCUT2D eigenvalue weighted by Crippen LogP contribution is -2.38. The molecule has 1 fully saturated rings. The van der Waals surface area contributed by atoms with Crippen LogP contribution in [-0.2, 0) is 16.6 Å². The Morgan fingerprint density at radius 3 is 2.57 bits per heavy atom. The standard InChI is InChI=1S/C20H18O/c21-18-9-16-8-14-3-1-2-4-15(14)10-19(16)20(12-18)11-13-5-6-17(20)7-13/h1-6,8,10,13,17H,7,9,11-12H2. The number of carbonyl (C=O) groups excluding carboxylic acids is 1. The predicted molar refractivity (Wildman–Crippen MR) is 84.3 cm³/mol. The SMILES string of the molecule is O=C1Cc2cc3ccccc3cc2C2(C1)CC1C=CC2C1. The molecule has 3 aliphatic carbocycles. The molecule has 3 atom stereocenters. The van der Waals surface area contributed by atoms with Crippen molar-refractivity contribution in [3.63, 3.8) is 0 Å². The summed E-state index contributed by atoms with van der Waals surface area (Å²) in [5, 5.41) is 2.58. The van der Waals surface area contributed by atoms with Crippen LogP contribution in [0.2, 0.25) is 0 Å². The maximum Gasteiger partial charge on any atom is 0.138 e. The smallest absolute Gasteiger partial charge is 0.138 e. The summed E-state index contributed by atoms with van der Waals surface area (Å²) in [5.41, 5.74) is 2.86. The molecule has 3 unspecified atom stereocenters. The maximum atomic E-state index is 12.4. The van der Waals surface area contributed by atoms with Crippen LogP contribution in [0.5, 0.6) is 0 Å². The number of hydrogen-bond acceptors (Lipinski definition) is 1. The first-order valence-electron chi connectivity index (χ1n) is 7.97. The lowest BCUT2D eigenvalue weighted by atomic mass is 9.62. The normalized spacial score (nSPS) is 33.0. The van der Waals surface area contributed by atoms with Crippen LogP contribution >= 0.6 is 0 Å². The van der Waals surface area contributed by atoms with Gasteiger partial charge in [0.25, 0.3) is 0 Å². The number of rotatable bonds is 0. The third kappa shape index (κ3) is 1.49. The summed E-state index contributed by atoms with van der Waals surface area (Å²) >= 11 is 0. The molecule has 1 heteroatoms. The van der Waals surface area contributed by atoms with Gasteiger partial charge in [-0.1, -0.05) is 48.6 Å². The predicted octanol–water partition coefficient (Wildman–Crippen LogP) is 4.19. The van der Waals surface area contributed by atoms with Crippen molar-refractivity contribution in [3.8, 4) is 0 Å². The number of carbonyl (C=O) groups is 1. The zero-order valence-corrected chi connectivity index (χ0v) is 12.0. The fourth-order valence-corrected chi connectivity index (χ4v) is 5.09. The summed E-state index contributed by atoms with van der Waals surface area (Å²) in [4.78, 5) is 12.4. The van der Waals surface area contributed by atoms with Crippen LogP contribution in [0.3, 0.4) is 0 Å². The number of hydrogen-bond donors (Lipinski definition) is 0. The molecule has 0 radical (unpaired) electrons. The van der Waals surface area contributed by atoms with Crippen molar-refractivity contribution >= 4 is 16.6 Å². The number of allylic oxidation sites excluding steroid dienone is 2. The van der Waals surface area contributed by atoms with Gasteiger partial charge in [-0.05, 0) is 46.6 Å². The Hall–Kier alpha value is -1.89. The van der Waals surface area contributed by atoms with E-state index in [1.54, 1.807) is 0 Å². The fraction of sp³-hybridized carbons (Fsp3) is 0.350. The first-order chi connectivity index (χ1) is 10.2. The third-order valence-electron chi connectivity index (χ3n) is 5.92. The van der Waals surface area contributed by atoms with Gasteiger partial charge in [0, 0.05) is 18.3 Å². The second kappa shape index (κ2) is 3.85. The van der Waals surface area contributed by atoms with E-state index in [4.69, 9.17) is 0 Å². The van der Waals surface area contributed by atoms with Gasteiger partial charge in [0.1, 0.15) is 5.78 Å². The average Bonchev–Trinajstić information content (AvgIpc) is 3.06. The van der Waals surface area contributed by atoms with Gasteiger partial charge < -0.3 is 0 Å². The zero-order valence-electron chi connectivity index (χ0n) is 12.0. The van der Waals surface area contributed by atoms with Gasteiger partial charge in [0.15, 0.2) is 0 Å². The van der Waals surface area contributed by atoms with E-state index in [0.29, 0.717) is 24.0 Å². The van der Waals surface area contributed by atoms with E-state index in [1.807, 2.05) is 0 Å². The average molecular weight is 274 g/mol. The number of fused-ring (bicyclic) bond motifs is 6. The van der Waals surface area contributed by atoms with Gasteiger partial charge in [-0.15, -0.1) is 0 Å². The Labute approximate surface area is 124 Å². The highest BCUT2D eigenvalue weighted by Gasteiger charge is 2.52. The fourth-order valence-electron chi connectivity index (χ4n) is 5.09. The summed E-state index contributed by atoms with van der Waals surface area (Å²) in [6.45, 7) is 0. The van der Waals surface area contributed by atoms with Crippen LogP contribution in [0.4, 0.5) is 0 Å². The first kappa shape index (κ1) is 11.7. The molecule has 1 saturated carbocycles. The van der Waals surface area contributed by atoms with E-state index in [0.717, 1.165) is 6.42 Å². The number of ketones is 1. The molecule has 2 aromatic rings. The molecule has 0 aliphatic heterocycles. The zero-order chi connectivity index (χ0) is 14.0. The molecule has 0 heterocycles. The Morgan fingerprint density at radius 1 is 1.05 bits per heavy atom. The minimum absolute atomic E-state index is 0.105. The molecular weight excluding hydrogens is 256 g/mol. The van der Waals surface area contributed by atoms with Gasteiger partial charge in [-0.25, -0.2) is 0 Å². The quantitative estimate of drug-likeness (QED) is 0.658. The molecule has 2 aromatic carbocycles. The van der Waals surface area contributed by atoms with E-state index >= 15 is 0 Å². The molecule has 1 nitrogen and oxygen atoms in total. The van der Waals surface area contributed by atoms with Crippen LogP contribution < -0.4 is 0 Å². The summed E-state index contributed by atoms with van der Waals surface area (Å²) in [7, 11) is 0. The molecule has 0 saturated heterocycles. The van der Waals surface area contributed by atoms with E-state index in [1.165, 1.54) is 34.7 Å². The van der Waals surface area contributed by atoms with Gasteiger partial charge >= 0.3 is 0 Å². The van der Waals surface area contributed by atoms with Crippen molar-refractivity contribution < 1.29 is 4.79 Å². The lowest BCUT2D eigenvalue weighted by Gasteiger charge is -2.40. The lowest BCUT2D eigenvalue weighted by molar-refractivity contribution is -0.120. The van der Waals surface area contributed by atoms with Gasteiger partial charge in [-0.2, -0.15) is 0 Å². The van der Waals surface area contributed by atoms with Crippen LogP contribution in [0.15, 0.2) is 48.6 Å². The third-order valence-corrected chi connectivity index (χ3v) is 5.92. The van der Waals surface area contributed by atoms with Gasteiger partial charge in [-0.3, -0.25) is 4.79 Å². The van der Waals surface area contributed by atoms with Crippen molar-refractivity contribution in [1.29, 1.82) is 0 Å². The van der Waals surface area contributed by atoms with Gasteiger partial charge in [0.05, 0.1) is 0 Å². The largest absolute Gasteiger partial charge is 0.299 e. The maximum absolute atomic E-state index is 12.4. The summed E-state index contributed by atoms with van der Waals surface area (Å²) in [6, 6.07) is 13.2. The second-order valence-electron chi connectivity index (χ2n) is 7.10. The molecule has 2 bridgehead atoms. The molecule has 0 amide bonds. The highest BCUT2D eigenvalue weighted by atomic mass is 16.1. The van der Waals surface area contributed by atoms with E-state index < -0.39 is 0 Å². The van der Waals surface area contributed by atoms with Crippen molar-refractivity contribution in [1.82, 2.24) is 0 Å². The molecule has 21 heavy (non-hydrogen) atoms. The molecule has 0 N–H and O–H groups in total. The van der Waals surface area contributed by atoms with E-state index in [-0.39, 0.29) is 5.41 Å². The van der Waals surface area contributed by atoms with Crippen LogP contribution in [0, 0.1) is 11.8 Å². The monoisotopic (exact) mass is 274 g/mol. The summed E-state index contributed by atoms with van der Waals surface area (Å²) < 4.78 is 0. The van der Waals surface area contributed by atoms with Gasteiger partial charge in [0.2, 0.25) is 0 Å². The van der Waals surface area contributed by atoms with Crippen LogP contribution in [0.25, 0.3) is 10.8 Å². The first-order valence-corrected chi connectivity index (χ1v) is 7.97. The Morgan fingerprint density at radius 2 is 1.86 bits per heavy atom. The Balaban J connectivity index is 1.79. The molecule has 104 valence electrons. The van der Waals surface area contributed by atoms with Crippen molar-refractivity contribution in [2.45, 2.75) is 31.1 Å². The summed E-state index contributed by atoms with van der Waals surface area (Å²) in [6.07, 6.45) is 8.55. The number of benzene rings is 2. The Kier molecular flexibility index (Phi) is 2.15. The van der Waals surface area contributed by atoms with E-state index in [2.05, 4.69) is 48.6 Å². The van der Waals surface area contributed by atoms with Crippen molar-refractivity contribution in [3.05, 3.63) is 59.7 Å². The highest BCUT2D eigenvalue weighted by Crippen LogP contribution is 2.57. The van der Waals surface area contributed by atoms with Crippen LogP contribution in [0.1, 0.15) is 30.4 Å². The Bertz CT molecular complexity index is 801. The van der Waals surface area contributed by atoms with Crippen LogP contribution in [-0.4, -0.2) is 5.78 Å². The number of Topliss-reactive ketones (excluding diaryl/α,β-unsaturated/α-hetero) is 1. The highest BCUT2D eigenvalue weighted by molar-refractivity contribution is 5.90. The molecule has 1 spiro atoms. The molecule has 0 aromatic heterocycles. The minimum atomic E-state index is 0.105. The van der Waals surface area contributed by atoms with E-state index in [9.17, 15) is 4.79 Å². The molecule has 3 aliphatic rings. The summed E-state index contributed by atoms with van der Waals surface area (Å²) in [5.74, 6) is 1.70. The topological polar surface area (TPSA) is 17.1 Å². The molecular formula is C20H18O. The van der Waals surface area contributed by atoms with Crippen molar-refractivity contribution in [2.75, 3.05) is 0 Å².